The third-order valence-corrected chi connectivity index (χ3v) is 3.11. The summed E-state index contributed by atoms with van der Waals surface area (Å²) in [6, 6.07) is 11.2. The third kappa shape index (κ3) is 2.88. The monoisotopic (exact) mass is 273 g/mol. The van der Waals surface area contributed by atoms with Gasteiger partial charge in [-0.15, -0.1) is 0 Å². The van der Waals surface area contributed by atoms with Crippen LogP contribution in [0.3, 0.4) is 0 Å². The molecule has 5 N–H and O–H groups in total. The molecule has 1 atom stereocenters. The van der Waals surface area contributed by atoms with Crippen molar-refractivity contribution < 1.29 is 9.18 Å². The number of primary amides is 1. The van der Waals surface area contributed by atoms with E-state index in [1.165, 1.54) is 12.1 Å². The molecule has 1 unspecified atom stereocenters. The van der Waals surface area contributed by atoms with Crippen LogP contribution in [0, 0.1) is 5.82 Å². The van der Waals surface area contributed by atoms with Gasteiger partial charge in [0, 0.05) is 6.04 Å². The second-order valence-corrected chi connectivity index (χ2v) is 4.55. The Labute approximate surface area is 116 Å². The molecule has 1 amide bonds. The number of hydrogen-bond acceptors (Lipinski definition) is 3. The van der Waals surface area contributed by atoms with E-state index >= 15 is 0 Å². The molecule has 0 aliphatic rings. The van der Waals surface area contributed by atoms with Crippen LogP contribution >= 0.6 is 0 Å². The SMILES string of the molecule is CC(Nc1cccc(C(N)=O)c1N)c1ccc(F)cc1. The largest absolute Gasteiger partial charge is 0.396 e. The van der Waals surface area contributed by atoms with Crippen LogP contribution in [-0.2, 0) is 0 Å². The van der Waals surface area contributed by atoms with Crippen LogP contribution in [0.2, 0.25) is 0 Å². The van der Waals surface area contributed by atoms with E-state index in [1.807, 2.05) is 6.92 Å². The maximum atomic E-state index is 12.9. The molecule has 4 nitrogen and oxygen atoms in total. The number of nitrogen functional groups attached to an aromatic ring is 1. The van der Waals surface area contributed by atoms with Gasteiger partial charge in [-0.2, -0.15) is 0 Å². The maximum absolute atomic E-state index is 12.9. The van der Waals surface area contributed by atoms with Crippen molar-refractivity contribution in [1.82, 2.24) is 0 Å². The van der Waals surface area contributed by atoms with E-state index < -0.39 is 5.91 Å². The molecule has 0 saturated heterocycles. The lowest BCUT2D eigenvalue weighted by atomic mass is 10.1. The Morgan fingerprint density at radius 2 is 1.85 bits per heavy atom. The summed E-state index contributed by atoms with van der Waals surface area (Å²) in [5.41, 5.74) is 13.3. The van der Waals surface area contributed by atoms with E-state index in [4.69, 9.17) is 11.5 Å². The minimum Gasteiger partial charge on any atom is -0.396 e. The van der Waals surface area contributed by atoms with Crippen LogP contribution in [0.25, 0.3) is 0 Å². The predicted molar refractivity (Wildman–Crippen MR) is 77.8 cm³/mol. The molecule has 2 aromatic carbocycles. The Balaban J connectivity index is 2.23. The summed E-state index contributed by atoms with van der Waals surface area (Å²) < 4.78 is 12.9. The number of halogens is 1. The van der Waals surface area contributed by atoms with Crippen molar-refractivity contribution in [3.8, 4) is 0 Å². The van der Waals surface area contributed by atoms with Crippen LogP contribution in [-0.4, -0.2) is 5.91 Å². The van der Waals surface area contributed by atoms with Crippen molar-refractivity contribution in [2.45, 2.75) is 13.0 Å². The third-order valence-electron chi connectivity index (χ3n) is 3.11. The lowest BCUT2D eigenvalue weighted by molar-refractivity contribution is 0.100. The highest BCUT2D eigenvalue weighted by molar-refractivity contribution is 6.00. The van der Waals surface area contributed by atoms with Crippen LogP contribution in [0.15, 0.2) is 42.5 Å². The summed E-state index contributed by atoms with van der Waals surface area (Å²) in [6.07, 6.45) is 0. The van der Waals surface area contributed by atoms with Crippen LogP contribution < -0.4 is 16.8 Å². The van der Waals surface area contributed by atoms with Gasteiger partial charge < -0.3 is 16.8 Å². The van der Waals surface area contributed by atoms with Gasteiger partial charge in [0.15, 0.2) is 0 Å². The zero-order chi connectivity index (χ0) is 14.7. The Hall–Kier alpha value is -2.56. The molecule has 20 heavy (non-hydrogen) atoms. The quantitative estimate of drug-likeness (QED) is 0.749. The normalized spacial score (nSPS) is 11.9. The van der Waals surface area contributed by atoms with Gasteiger partial charge in [-0.05, 0) is 36.8 Å². The first kappa shape index (κ1) is 13.9. The number of rotatable bonds is 4. The molecule has 0 radical (unpaired) electrons. The second-order valence-electron chi connectivity index (χ2n) is 4.55. The van der Waals surface area contributed by atoms with Crippen LogP contribution in [0.1, 0.15) is 28.9 Å². The number of para-hydroxylation sites is 1. The number of amides is 1. The van der Waals surface area contributed by atoms with Crippen molar-refractivity contribution >= 4 is 17.3 Å². The zero-order valence-electron chi connectivity index (χ0n) is 11.1. The van der Waals surface area contributed by atoms with Gasteiger partial charge in [0.05, 0.1) is 16.9 Å². The number of benzene rings is 2. The molecule has 2 aromatic rings. The number of hydrogen-bond donors (Lipinski definition) is 3. The molecule has 0 aliphatic carbocycles. The number of carbonyl (C=O) groups excluding carboxylic acids is 1. The maximum Gasteiger partial charge on any atom is 0.250 e. The van der Waals surface area contributed by atoms with Gasteiger partial charge in [0.1, 0.15) is 5.82 Å². The van der Waals surface area contributed by atoms with Crippen LogP contribution in [0.4, 0.5) is 15.8 Å². The summed E-state index contributed by atoms with van der Waals surface area (Å²) >= 11 is 0. The number of nitrogens with one attached hydrogen (secondary N) is 1. The smallest absolute Gasteiger partial charge is 0.250 e. The summed E-state index contributed by atoms with van der Waals surface area (Å²) in [5.74, 6) is -0.850. The molecule has 5 heteroatoms. The van der Waals surface area contributed by atoms with Gasteiger partial charge in [-0.25, -0.2) is 4.39 Å². The predicted octanol–water partition coefficient (Wildman–Crippen LogP) is 2.68. The van der Waals surface area contributed by atoms with Crippen molar-refractivity contribution in [2.24, 2.45) is 5.73 Å². The molecule has 0 bridgehead atoms. The van der Waals surface area contributed by atoms with Gasteiger partial charge in [0.25, 0.3) is 5.91 Å². The van der Waals surface area contributed by atoms with Gasteiger partial charge >= 0.3 is 0 Å². The van der Waals surface area contributed by atoms with Crippen molar-refractivity contribution in [3.05, 3.63) is 59.4 Å². The van der Waals surface area contributed by atoms with E-state index in [1.54, 1.807) is 30.3 Å². The number of nitrogens with two attached hydrogens (primary N) is 2. The fraction of sp³-hybridized carbons (Fsp3) is 0.133. The van der Waals surface area contributed by atoms with E-state index in [-0.39, 0.29) is 17.4 Å². The Kier molecular flexibility index (Phi) is 3.89. The average Bonchev–Trinajstić information content (AvgIpc) is 2.41. The molecular weight excluding hydrogens is 257 g/mol. The molecule has 0 spiro atoms. The molecule has 0 fully saturated rings. The summed E-state index contributed by atoms with van der Waals surface area (Å²) in [4.78, 5) is 11.2. The molecule has 0 heterocycles. The number of anilines is 2. The zero-order valence-corrected chi connectivity index (χ0v) is 11.1. The van der Waals surface area contributed by atoms with E-state index in [0.29, 0.717) is 11.4 Å². The van der Waals surface area contributed by atoms with E-state index in [0.717, 1.165) is 5.56 Å². The highest BCUT2D eigenvalue weighted by atomic mass is 19.1. The van der Waals surface area contributed by atoms with Crippen LogP contribution in [0.5, 0.6) is 0 Å². The lowest BCUT2D eigenvalue weighted by Crippen LogP contribution is -2.15. The standard InChI is InChI=1S/C15H16FN3O/c1-9(10-5-7-11(16)8-6-10)19-13-4-2-3-12(14(13)17)15(18)20/h2-9,19H,17H2,1H3,(H2,18,20). The summed E-state index contributed by atoms with van der Waals surface area (Å²) in [7, 11) is 0. The van der Waals surface area contributed by atoms with Gasteiger partial charge in [-0.3, -0.25) is 4.79 Å². The van der Waals surface area contributed by atoms with Crippen molar-refractivity contribution in [1.29, 1.82) is 0 Å². The molecular formula is C15H16FN3O. The second kappa shape index (κ2) is 5.61. The fourth-order valence-corrected chi connectivity index (χ4v) is 1.97. The van der Waals surface area contributed by atoms with Crippen molar-refractivity contribution in [3.63, 3.8) is 0 Å². The first-order valence-corrected chi connectivity index (χ1v) is 6.19. The van der Waals surface area contributed by atoms with E-state index in [9.17, 15) is 9.18 Å². The van der Waals surface area contributed by atoms with Gasteiger partial charge in [-0.1, -0.05) is 18.2 Å². The van der Waals surface area contributed by atoms with Gasteiger partial charge in [0.2, 0.25) is 0 Å². The molecule has 0 saturated carbocycles. The lowest BCUT2D eigenvalue weighted by Gasteiger charge is -2.18. The molecule has 104 valence electrons. The minimum absolute atomic E-state index is 0.0824. The Morgan fingerprint density at radius 1 is 1.20 bits per heavy atom. The first-order chi connectivity index (χ1) is 9.49. The fourth-order valence-electron chi connectivity index (χ4n) is 1.97. The highest BCUT2D eigenvalue weighted by Crippen LogP contribution is 2.26. The minimum atomic E-state index is -0.569. The summed E-state index contributed by atoms with van der Waals surface area (Å²) in [6.45, 7) is 1.92. The Bertz CT molecular complexity index is 626. The molecule has 0 aromatic heterocycles. The Morgan fingerprint density at radius 3 is 2.45 bits per heavy atom. The van der Waals surface area contributed by atoms with E-state index in [2.05, 4.69) is 5.32 Å². The average molecular weight is 273 g/mol. The number of carbonyl (C=O) groups is 1. The highest BCUT2D eigenvalue weighted by Gasteiger charge is 2.12. The molecule has 2 rings (SSSR count). The van der Waals surface area contributed by atoms with Crippen molar-refractivity contribution in [2.75, 3.05) is 11.1 Å². The molecule has 0 aliphatic heterocycles. The first-order valence-electron chi connectivity index (χ1n) is 6.19. The summed E-state index contributed by atoms with van der Waals surface area (Å²) in [5, 5.41) is 3.19. The topological polar surface area (TPSA) is 81.1 Å².